The molecule has 0 amide bonds. The third-order valence-corrected chi connectivity index (χ3v) is 3.98. The smallest absolute Gasteiger partial charge is 0.405 e. The van der Waals surface area contributed by atoms with E-state index in [1.807, 2.05) is 60.7 Å². The number of hydrogen-bond donors (Lipinski definition) is 0. The molecule has 2 saturated heterocycles. The molecule has 2 atom stereocenters. The lowest BCUT2D eigenvalue weighted by Gasteiger charge is -2.40. The van der Waals surface area contributed by atoms with E-state index >= 15 is 0 Å². The average molecular weight is 294 g/mol. The molecule has 110 valence electrons. The summed E-state index contributed by atoms with van der Waals surface area (Å²) < 4.78 is 23.6. The van der Waals surface area contributed by atoms with Gasteiger partial charge in [0.15, 0.2) is 0 Å². The van der Waals surface area contributed by atoms with Crippen LogP contribution in [0.5, 0.6) is 0 Å². The molecule has 0 unspecified atom stereocenters. The van der Waals surface area contributed by atoms with Crippen LogP contribution in [0, 0.1) is 0 Å². The van der Waals surface area contributed by atoms with Crippen molar-refractivity contribution in [1.29, 1.82) is 0 Å². The summed E-state index contributed by atoms with van der Waals surface area (Å²) in [7, 11) is -0.689. The molecule has 2 aliphatic heterocycles. The standard InChI is InChI=1S/C16H16B2O4/c1-3-7-13(8-4-1)17-19-11-16-15(21-17)12-20-18(22-16)14-9-5-2-6-10-14/h1-10,15-16H,11-12H2/t15-,16-/m1/s1. The summed E-state index contributed by atoms with van der Waals surface area (Å²) >= 11 is 0. The van der Waals surface area contributed by atoms with Gasteiger partial charge in [0.1, 0.15) is 0 Å². The van der Waals surface area contributed by atoms with Crippen molar-refractivity contribution < 1.29 is 18.6 Å². The van der Waals surface area contributed by atoms with E-state index < -0.39 is 0 Å². The van der Waals surface area contributed by atoms with E-state index in [4.69, 9.17) is 18.6 Å². The zero-order chi connectivity index (χ0) is 14.8. The summed E-state index contributed by atoms with van der Waals surface area (Å²) in [5.41, 5.74) is 2.04. The molecule has 0 aliphatic carbocycles. The quantitative estimate of drug-likeness (QED) is 0.760. The Hall–Kier alpha value is -1.59. The van der Waals surface area contributed by atoms with Gasteiger partial charge in [0, 0.05) is 0 Å². The van der Waals surface area contributed by atoms with Gasteiger partial charge in [0.05, 0.1) is 25.4 Å². The van der Waals surface area contributed by atoms with Gasteiger partial charge in [-0.25, -0.2) is 0 Å². The van der Waals surface area contributed by atoms with E-state index in [0.717, 1.165) is 10.9 Å². The summed E-state index contributed by atoms with van der Waals surface area (Å²) in [6.45, 7) is 1.02. The molecule has 2 aliphatic rings. The highest BCUT2D eigenvalue weighted by Gasteiger charge is 2.43. The van der Waals surface area contributed by atoms with Crippen molar-refractivity contribution in [2.75, 3.05) is 13.2 Å². The highest BCUT2D eigenvalue weighted by molar-refractivity contribution is 6.62. The van der Waals surface area contributed by atoms with Crippen LogP contribution in [0.2, 0.25) is 0 Å². The van der Waals surface area contributed by atoms with Crippen LogP contribution in [0.15, 0.2) is 60.7 Å². The van der Waals surface area contributed by atoms with Gasteiger partial charge in [0.2, 0.25) is 0 Å². The Morgan fingerprint density at radius 2 is 1.05 bits per heavy atom. The predicted octanol–water partition coefficient (Wildman–Crippen LogP) is 0.608. The minimum atomic E-state index is -0.345. The number of rotatable bonds is 2. The Labute approximate surface area is 130 Å². The van der Waals surface area contributed by atoms with Crippen LogP contribution in [0.4, 0.5) is 0 Å². The fourth-order valence-electron chi connectivity index (χ4n) is 2.80. The van der Waals surface area contributed by atoms with Crippen LogP contribution >= 0.6 is 0 Å². The van der Waals surface area contributed by atoms with Crippen molar-refractivity contribution in [1.82, 2.24) is 0 Å². The molecule has 0 saturated carbocycles. The second-order valence-electron chi connectivity index (χ2n) is 5.50. The first-order valence-electron chi connectivity index (χ1n) is 7.54. The normalized spacial score (nSPS) is 24.9. The van der Waals surface area contributed by atoms with E-state index in [-0.39, 0.29) is 26.4 Å². The molecular weight excluding hydrogens is 278 g/mol. The van der Waals surface area contributed by atoms with Gasteiger partial charge in [-0.3, -0.25) is 0 Å². The monoisotopic (exact) mass is 294 g/mol. The topological polar surface area (TPSA) is 36.9 Å². The van der Waals surface area contributed by atoms with Gasteiger partial charge in [-0.2, -0.15) is 0 Å². The first kappa shape index (κ1) is 14.0. The number of benzene rings is 2. The van der Waals surface area contributed by atoms with Crippen molar-refractivity contribution in [3.05, 3.63) is 60.7 Å². The summed E-state index contributed by atoms with van der Waals surface area (Å²) in [5.74, 6) is 0. The van der Waals surface area contributed by atoms with Crippen LogP contribution in [0.25, 0.3) is 0 Å². The maximum absolute atomic E-state index is 5.99. The lowest BCUT2D eigenvalue weighted by molar-refractivity contribution is -0.0884. The molecule has 4 nitrogen and oxygen atoms in total. The average Bonchev–Trinajstić information content (AvgIpc) is 2.62. The van der Waals surface area contributed by atoms with Gasteiger partial charge in [-0.05, 0) is 10.9 Å². The Kier molecular flexibility index (Phi) is 3.99. The molecule has 22 heavy (non-hydrogen) atoms. The lowest BCUT2D eigenvalue weighted by Crippen LogP contribution is -2.60. The van der Waals surface area contributed by atoms with Crippen molar-refractivity contribution in [2.24, 2.45) is 0 Å². The summed E-state index contributed by atoms with van der Waals surface area (Å²) in [4.78, 5) is 0. The van der Waals surface area contributed by atoms with Gasteiger partial charge in [-0.1, -0.05) is 60.7 Å². The Bertz CT molecular complexity index is 555. The highest BCUT2D eigenvalue weighted by Crippen LogP contribution is 2.20. The zero-order valence-corrected chi connectivity index (χ0v) is 12.1. The van der Waals surface area contributed by atoms with Crippen LogP contribution in [0.1, 0.15) is 0 Å². The molecule has 4 rings (SSSR count). The largest absolute Gasteiger partial charge is 0.494 e. The second-order valence-corrected chi connectivity index (χ2v) is 5.50. The fourth-order valence-corrected chi connectivity index (χ4v) is 2.80. The molecule has 2 heterocycles. The molecule has 2 aromatic rings. The third kappa shape index (κ3) is 2.83. The van der Waals surface area contributed by atoms with Crippen molar-refractivity contribution in [2.45, 2.75) is 12.2 Å². The summed E-state index contributed by atoms with van der Waals surface area (Å²) in [5, 5.41) is 0. The molecule has 0 aromatic heterocycles. The zero-order valence-electron chi connectivity index (χ0n) is 12.1. The third-order valence-electron chi connectivity index (χ3n) is 3.98. The molecule has 2 fully saturated rings. The van der Waals surface area contributed by atoms with Crippen LogP contribution in [-0.4, -0.2) is 39.7 Å². The fraction of sp³-hybridized carbons (Fsp3) is 0.250. The second kappa shape index (κ2) is 6.26. The molecular formula is C16H16B2O4. The van der Waals surface area contributed by atoms with Crippen molar-refractivity contribution in [3.63, 3.8) is 0 Å². The molecule has 0 bridgehead atoms. The SMILES string of the molecule is c1ccc(B2OC[C@H]3OB(c4ccccc4)OC[C@H]3O2)cc1. The molecule has 6 heteroatoms. The van der Waals surface area contributed by atoms with E-state index in [9.17, 15) is 0 Å². The predicted molar refractivity (Wildman–Crippen MR) is 85.3 cm³/mol. The number of fused-ring (bicyclic) bond motifs is 1. The first-order chi connectivity index (χ1) is 10.9. The first-order valence-corrected chi connectivity index (χ1v) is 7.54. The molecule has 0 N–H and O–H groups in total. The highest BCUT2D eigenvalue weighted by atomic mass is 16.7. The molecule has 0 spiro atoms. The van der Waals surface area contributed by atoms with Crippen molar-refractivity contribution in [3.8, 4) is 0 Å². The Morgan fingerprint density at radius 1 is 0.636 bits per heavy atom. The van der Waals surface area contributed by atoms with Crippen LogP contribution < -0.4 is 10.9 Å². The summed E-state index contributed by atoms with van der Waals surface area (Å²) in [6.07, 6.45) is -0.196. The Balaban J connectivity index is 1.43. The van der Waals surface area contributed by atoms with E-state index in [2.05, 4.69) is 0 Å². The summed E-state index contributed by atoms with van der Waals surface area (Å²) in [6, 6.07) is 19.9. The van der Waals surface area contributed by atoms with Gasteiger partial charge in [0.25, 0.3) is 0 Å². The maximum atomic E-state index is 5.99. The minimum absolute atomic E-state index is 0.0982. The van der Waals surface area contributed by atoms with Crippen LogP contribution in [0.3, 0.4) is 0 Å². The van der Waals surface area contributed by atoms with Crippen LogP contribution in [-0.2, 0) is 18.6 Å². The van der Waals surface area contributed by atoms with Gasteiger partial charge in [-0.15, -0.1) is 0 Å². The van der Waals surface area contributed by atoms with Gasteiger partial charge < -0.3 is 18.6 Å². The van der Waals surface area contributed by atoms with E-state index in [1.54, 1.807) is 0 Å². The number of hydrogen-bond acceptors (Lipinski definition) is 4. The molecule has 0 radical (unpaired) electrons. The van der Waals surface area contributed by atoms with Gasteiger partial charge >= 0.3 is 14.2 Å². The van der Waals surface area contributed by atoms with E-state index in [0.29, 0.717) is 13.2 Å². The Morgan fingerprint density at radius 3 is 1.45 bits per heavy atom. The maximum Gasteiger partial charge on any atom is 0.494 e. The lowest BCUT2D eigenvalue weighted by atomic mass is 9.75. The minimum Gasteiger partial charge on any atom is -0.405 e. The molecule has 2 aromatic carbocycles. The van der Waals surface area contributed by atoms with Crippen molar-refractivity contribution >= 4 is 25.2 Å². The van der Waals surface area contributed by atoms with E-state index in [1.165, 1.54) is 0 Å².